The molecule has 0 saturated heterocycles. The topological polar surface area (TPSA) is 24.9 Å². The van der Waals surface area contributed by atoms with E-state index in [9.17, 15) is 4.39 Å². The maximum absolute atomic E-state index is 14.2. The fraction of sp³-hybridized carbons (Fsp3) is 0.400. The van der Waals surface area contributed by atoms with Gasteiger partial charge >= 0.3 is 0 Å². The van der Waals surface area contributed by atoms with E-state index in [1.807, 2.05) is 27.7 Å². The summed E-state index contributed by atoms with van der Waals surface area (Å²) < 4.78 is 14.2. The Labute approximate surface area is 128 Å². The van der Waals surface area contributed by atoms with Gasteiger partial charge in [-0.2, -0.15) is 0 Å². The van der Waals surface area contributed by atoms with Crippen molar-refractivity contribution in [1.82, 2.24) is 10.3 Å². The molecule has 0 bridgehead atoms. The third kappa shape index (κ3) is 3.37. The molecule has 0 aliphatic rings. The van der Waals surface area contributed by atoms with Crippen molar-refractivity contribution >= 4 is 22.9 Å². The minimum absolute atomic E-state index is 0.222. The predicted molar refractivity (Wildman–Crippen MR) is 83.1 cm³/mol. The molecule has 1 aromatic carbocycles. The number of hydrogen-bond donors (Lipinski definition) is 1. The number of nitrogens with one attached hydrogen (secondary N) is 1. The quantitative estimate of drug-likeness (QED) is 0.889. The highest BCUT2D eigenvalue weighted by Crippen LogP contribution is 2.30. The van der Waals surface area contributed by atoms with Crippen molar-refractivity contribution in [3.8, 4) is 0 Å². The van der Waals surface area contributed by atoms with Crippen molar-refractivity contribution in [2.75, 3.05) is 0 Å². The first-order valence-corrected chi connectivity index (χ1v) is 7.73. The summed E-state index contributed by atoms with van der Waals surface area (Å²) in [6.07, 6.45) is 0. The Bertz CT molecular complexity index is 590. The van der Waals surface area contributed by atoms with Gasteiger partial charge < -0.3 is 5.32 Å². The fourth-order valence-corrected chi connectivity index (χ4v) is 3.15. The molecule has 2 aromatic rings. The van der Waals surface area contributed by atoms with Crippen LogP contribution in [0.1, 0.15) is 41.0 Å². The third-order valence-electron chi connectivity index (χ3n) is 3.07. The van der Waals surface area contributed by atoms with Crippen LogP contribution in [0.15, 0.2) is 18.2 Å². The lowest BCUT2D eigenvalue weighted by molar-refractivity contribution is 0.501. The molecule has 0 fully saturated rings. The molecule has 108 valence electrons. The van der Waals surface area contributed by atoms with Crippen molar-refractivity contribution in [3.63, 3.8) is 0 Å². The minimum Gasteiger partial charge on any atom is -0.302 e. The van der Waals surface area contributed by atoms with Gasteiger partial charge in [0.1, 0.15) is 10.8 Å². The molecule has 0 saturated carbocycles. The van der Waals surface area contributed by atoms with Gasteiger partial charge in [0, 0.05) is 21.5 Å². The molecule has 5 heteroatoms. The van der Waals surface area contributed by atoms with Gasteiger partial charge in [-0.3, -0.25) is 0 Å². The molecule has 2 nitrogen and oxygen atoms in total. The Balaban J connectivity index is 2.46. The molecule has 1 atom stereocenters. The minimum atomic E-state index is -0.304. The maximum atomic E-state index is 14.2. The van der Waals surface area contributed by atoms with Gasteiger partial charge in [0.15, 0.2) is 0 Å². The van der Waals surface area contributed by atoms with E-state index in [2.05, 4.69) is 10.3 Å². The molecule has 1 N–H and O–H groups in total. The monoisotopic (exact) mass is 312 g/mol. The summed E-state index contributed by atoms with van der Waals surface area (Å²) in [6, 6.07) is 4.76. The maximum Gasteiger partial charge on any atom is 0.129 e. The number of thiazole rings is 1. The molecule has 0 amide bonds. The van der Waals surface area contributed by atoms with Crippen molar-refractivity contribution in [2.45, 2.75) is 39.8 Å². The zero-order valence-electron chi connectivity index (χ0n) is 12.0. The lowest BCUT2D eigenvalue weighted by atomic mass is 10.1. The fourth-order valence-electron chi connectivity index (χ4n) is 1.98. The van der Waals surface area contributed by atoms with Gasteiger partial charge in [0.25, 0.3) is 0 Å². The van der Waals surface area contributed by atoms with E-state index >= 15 is 0 Å². The van der Waals surface area contributed by atoms with Crippen LogP contribution in [0.4, 0.5) is 4.39 Å². The van der Waals surface area contributed by atoms with Crippen LogP contribution < -0.4 is 5.32 Å². The summed E-state index contributed by atoms with van der Waals surface area (Å²) in [5, 5.41) is 4.67. The highest BCUT2D eigenvalue weighted by Gasteiger charge is 2.22. The van der Waals surface area contributed by atoms with E-state index in [-0.39, 0.29) is 17.9 Å². The van der Waals surface area contributed by atoms with Crippen LogP contribution >= 0.6 is 22.9 Å². The largest absolute Gasteiger partial charge is 0.302 e. The number of rotatable bonds is 4. The first kappa shape index (κ1) is 15.4. The Hall–Kier alpha value is -0.970. The zero-order chi connectivity index (χ0) is 14.9. The SMILES string of the molecule is Cc1nc(C(NC(C)C)c2ccc(Cl)cc2F)sc1C. The number of benzene rings is 1. The zero-order valence-corrected chi connectivity index (χ0v) is 13.6. The number of aromatic nitrogens is 1. The average Bonchev–Trinajstić information content (AvgIpc) is 2.67. The second-order valence-electron chi connectivity index (χ2n) is 5.11. The number of aryl methyl sites for hydroxylation is 2. The Morgan fingerprint density at radius 3 is 2.50 bits per heavy atom. The normalized spacial score (nSPS) is 12.9. The van der Waals surface area contributed by atoms with Crippen LogP contribution in [0.25, 0.3) is 0 Å². The Kier molecular flexibility index (Phi) is 4.78. The van der Waals surface area contributed by atoms with Crippen LogP contribution in [-0.2, 0) is 0 Å². The van der Waals surface area contributed by atoms with Crippen LogP contribution in [0.5, 0.6) is 0 Å². The van der Waals surface area contributed by atoms with Gasteiger partial charge in [-0.05, 0) is 39.8 Å². The second kappa shape index (κ2) is 6.20. The van der Waals surface area contributed by atoms with E-state index in [1.54, 1.807) is 23.5 Å². The molecule has 0 radical (unpaired) electrons. The summed E-state index contributed by atoms with van der Waals surface area (Å²) >= 11 is 7.43. The number of hydrogen-bond acceptors (Lipinski definition) is 3. The summed E-state index contributed by atoms with van der Waals surface area (Å²) in [7, 11) is 0. The van der Waals surface area contributed by atoms with E-state index in [0.717, 1.165) is 15.6 Å². The van der Waals surface area contributed by atoms with Gasteiger partial charge in [0.2, 0.25) is 0 Å². The van der Waals surface area contributed by atoms with Gasteiger partial charge in [-0.15, -0.1) is 11.3 Å². The van der Waals surface area contributed by atoms with Crippen molar-refractivity contribution < 1.29 is 4.39 Å². The lowest BCUT2D eigenvalue weighted by Gasteiger charge is -2.20. The molecule has 1 heterocycles. The molecule has 2 rings (SSSR count). The molecule has 0 aliphatic carbocycles. The number of halogens is 2. The Morgan fingerprint density at radius 1 is 1.30 bits per heavy atom. The molecule has 20 heavy (non-hydrogen) atoms. The highest BCUT2D eigenvalue weighted by atomic mass is 35.5. The smallest absolute Gasteiger partial charge is 0.129 e. The van der Waals surface area contributed by atoms with Gasteiger partial charge in [-0.25, -0.2) is 9.37 Å². The molecular weight excluding hydrogens is 295 g/mol. The first-order valence-electron chi connectivity index (χ1n) is 6.53. The molecule has 1 aromatic heterocycles. The lowest BCUT2D eigenvalue weighted by Crippen LogP contribution is -2.29. The third-order valence-corrected chi connectivity index (χ3v) is 4.44. The van der Waals surface area contributed by atoms with Gasteiger partial charge in [0.05, 0.1) is 11.7 Å². The van der Waals surface area contributed by atoms with Gasteiger partial charge in [-0.1, -0.05) is 17.7 Å². The summed E-state index contributed by atoms with van der Waals surface area (Å²) in [5.41, 5.74) is 1.58. The van der Waals surface area contributed by atoms with Crippen LogP contribution in [0, 0.1) is 19.7 Å². The predicted octanol–water partition coefficient (Wildman–Crippen LogP) is 4.64. The van der Waals surface area contributed by atoms with Crippen LogP contribution in [-0.4, -0.2) is 11.0 Å². The average molecular weight is 313 g/mol. The Morgan fingerprint density at radius 2 is 2.00 bits per heavy atom. The standard InChI is InChI=1S/C15H18ClFN2S/c1-8(2)18-14(15-19-9(3)10(4)20-15)12-6-5-11(16)7-13(12)17/h5-8,14,18H,1-4H3. The summed E-state index contributed by atoms with van der Waals surface area (Å²) in [4.78, 5) is 5.72. The van der Waals surface area contributed by atoms with Crippen molar-refractivity contribution in [2.24, 2.45) is 0 Å². The second-order valence-corrected chi connectivity index (χ2v) is 6.79. The molecular formula is C15H18ClFN2S. The van der Waals surface area contributed by atoms with E-state index in [0.29, 0.717) is 10.6 Å². The van der Waals surface area contributed by atoms with E-state index < -0.39 is 0 Å². The van der Waals surface area contributed by atoms with Crippen LogP contribution in [0.3, 0.4) is 0 Å². The van der Waals surface area contributed by atoms with E-state index in [1.165, 1.54) is 6.07 Å². The van der Waals surface area contributed by atoms with Crippen molar-refractivity contribution in [3.05, 3.63) is 50.2 Å². The van der Waals surface area contributed by atoms with Crippen LogP contribution in [0.2, 0.25) is 5.02 Å². The molecule has 0 aliphatic heterocycles. The highest BCUT2D eigenvalue weighted by molar-refractivity contribution is 7.11. The summed E-state index contributed by atoms with van der Waals surface area (Å²) in [6.45, 7) is 8.07. The number of nitrogens with zero attached hydrogens (tertiary/aromatic N) is 1. The molecule has 0 spiro atoms. The first-order chi connectivity index (χ1) is 9.38. The van der Waals surface area contributed by atoms with E-state index in [4.69, 9.17) is 11.6 Å². The molecule has 1 unspecified atom stereocenters. The van der Waals surface area contributed by atoms with Crippen molar-refractivity contribution in [1.29, 1.82) is 0 Å². The summed E-state index contributed by atoms with van der Waals surface area (Å²) in [5.74, 6) is -0.304.